The third-order valence-electron chi connectivity index (χ3n) is 5.04. The van der Waals surface area contributed by atoms with Crippen molar-refractivity contribution >= 4 is 34.5 Å². The van der Waals surface area contributed by atoms with E-state index in [2.05, 4.69) is 15.4 Å². The molecular formula is C22H22ClN5O. The third-order valence-corrected chi connectivity index (χ3v) is 5.58. The van der Waals surface area contributed by atoms with Gasteiger partial charge >= 0.3 is 0 Å². The normalized spacial score (nSPS) is 11.2. The average Bonchev–Trinajstić information content (AvgIpc) is 3.20. The van der Waals surface area contributed by atoms with E-state index in [-0.39, 0.29) is 5.91 Å². The lowest BCUT2D eigenvalue weighted by Crippen LogP contribution is -2.16. The first-order valence-corrected chi connectivity index (χ1v) is 9.90. The molecule has 0 spiro atoms. The summed E-state index contributed by atoms with van der Waals surface area (Å²) < 4.78 is 3.87. The average molecular weight is 408 g/mol. The molecule has 29 heavy (non-hydrogen) atoms. The van der Waals surface area contributed by atoms with Crippen LogP contribution < -0.4 is 5.32 Å². The number of nitrogens with one attached hydrogen (secondary N) is 1. The second-order valence-corrected chi connectivity index (χ2v) is 7.34. The number of hydrogen-bond donors (Lipinski definition) is 1. The number of hydrogen-bond acceptors (Lipinski definition) is 3. The van der Waals surface area contributed by atoms with Crippen molar-refractivity contribution in [3.8, 4) is 0 Å². The molecule has 1 N–H and O–H groups in total. The number of carbonyl (C=O) groups is 1. The van der Waals surface area contributed by atoms with Gasteiger partial charge in [0.15, 0.2) is 0 Å². The Balaban J connectivity index is 1.52. The zero-order chi connectivity index (χ0) is 20.5. The van der Waals surface area contributed by atoms with Gasteiger partial charge in [-0.1, -0.05) is 35.9 Å². The van der Waals surface area contributed by atoms with Crippen molar-refractivity contribution in [1.29, 1.82) is 0 Å². The van der Waals surface area contributed by atoms with Crippen LogP contribution in [0.2, 0.25) is 5.02 Å². The summed E-state index contributed by atoms with van der Waals surface area (Å²) in [7, 11) is 0. The highest BCUT2D eigenvalue weighted by Gasteiger charge is 2.14. The number of aryl methyl sites for hydroxylation is 2. The maximum atomic E-state index is 12.7. The van der Waals surface area contributed by atoms with Crippen molar-refractivity contribution in [3.05, 3.63) is 76.1 Å². The summed E-state index contributed by atoms with van der Waals surface area (Å²) in [5.74, 6) is 0.371. The molecular weight excluding hydrogens is 386 g/mol. The molecule has 0 saturated heterocycles. The van der Waals surface area contributed by atoms with Gasteiger partial charge in [0, 0.05) is 12.1 Å². The number of rotatable bonds is 5. The van der Waals surface area contributed by atoms with Crippen LogP contribution in [0.3, 0.4) is 0 Å². The summed E-state index contributed by atoms with van der Waals surface area (Å²) in [5.41, 5.74) is 5.25. The summed E-state index contributed by atoms with van der Waals surface area (Å²) in [6.45, 7) is 7.20. The molecule has 4 rings (SSSR count). The number of imidazole rings is 1. The zero-order valence-electron chi connectivity index (χ0n) is 16.6. The maximum absolute atomic E-state index is 12.7. The van der Waals surface area contributed by atoms with Gasteiger partial charge in [0.1, 0.15) is 0 Å². The van der Waals surface area contributed by atoms with Gasteiger partial charge in [-0.05, 0) is 50.6 Å². The lowest BCUT2D eigenvalue weighted by molar-refractivity contribution is 0.102. The number of aromatic nitrogens is 4. The van der Waals surface area contributed by atoms with Crippen molar-refractivity contribution < 1.29 is 4.79 Å². The molecule has 0 aliphatic carbocycles. The topological polar surface area (TPSA) is 64.7 Å². The number of nitrogens with zero attached hydrogens (tertiary/aromatic N) is 4. The molecule has 0 aliphatic rings. The van der Waals surface area contributed by atoms with Crippen molar-refractivity contribution in [2.45, 2.75) is 33.9 Å². The molecule has 2 aromatic carbocycles. The van der Waals surface area contributed by atoms with Gasteiger partial charge in [-0.15, -0.1) is 0 Å². The summed E-state index contributed by atoms with van der Waals surface area (Å²) in [6, 6.07) is 15.4. The van der Waals surface area contributed by atoms with Gasteiger partial charge in [0.25, 0.3) is 5.91 Å². The maximum Gasteiger partial charge on any atom is 0.257 e. The van der Waals surface area contributed by atoms with Crippen LogP contribution in [0, 0.1) is 13.8 Å². The number of para-hydroxylation sites is 2. The molecule has 0 radical (unpaired) electrons. The molecule has 0 fully saturated rings. The summed E-state index contributed by atoms with van der Waals surface area (Å²) in [4.78, 5) is 17.3. The number of anilines is 1. The monoisotopic (exact) mass is 407 g/mol. The lowest BCUT2D eigenvalue weighted by Gasteiger charge is -2.09. The van der Waals surface area contributed by atoms with Crippen molar-refractivity contribution in [3.63, 3.8) is 0 Å². The van der Waals surface area contributed by atoms with Crippen LogP contribution in [0.4, 0.5) is 5.95 Å². The summed E-state index contributed by atoms with van der Waals surface area (Å²) >= 11 is 6.22. The Morgan fingerprint density at radius 3 is 2.48 bits per heavy atom. The fourth-order valence-corrected chi connectivity index (χ4v) is 3.56. The van der Waals surface area contributed by atoms with Gasteiger partial charge in [-0.3, -0.25) is 14.8 Å². The number of benzene rings is 2. The molecule has 2 aromatic heterocycles. The van der Waals surface area contributed by atoms with Gasteiger partial charge in [0.2, 0.25) is 5.95 Å². The predicted molar refractivity (Wildman–Crippen MR) is 116 cm³/mol. The Bertz CT molecular complexity index is 1190. The van der Waals surface area contributed by atoms with E-state index in [0.29, 0.717) is 23.1 Å². The molecule has 0 atom stereocenters. The predicted octanol–water partition coefficient (Wildman–Crippen LogP) is 4.82. The highest BCUT2D eigenvalue weighted by Crippen LogP contribution is 2.21. The molecule has 0 aliphatic heterocycles. The minimum absolute atomic E-state index is 0.185. The van der Waals surface area contributed by atoms with E-state index in [1.165, 1.54) is 0 Å². The van der Waals surface area contributed by atoms with Crippen LogP contribution in [-0.4, -0.2) is 25.2 Å². The van der Waals surface area contributed by atoms with Crippen LogP contribution in [0.1, 0.15) is 34.2 Å². The first-order valence-electron chi connectivity index (χ1n) is 9.53. The van der Waals surface area contributed by atoms with Gasteiger partial charge in [-0.2, -0.15) is 5.10 Å². The second kappa shape index (κ2) is 7.72. The van der Waals surface area contributed by atoms with E-state index in [1.807, 2.05) is 78.6 Å². The van der Waals surface area contributed by atoms with Crippen molar-refractivity contribution in [2.75, 3.05) is 5.32 Å². The van der Waals surface area contributed by atoms with E-state index < -0.39 is 0 Å². The van der Waals surface area contributed by atoms with Gasteiger partial charge < -0.3 is 4.57 Å². The minimum atomic E-state index is -0.185. The van der Waals surface area contributed by atoms with E-state index in [1.54, 1.807) is 0 Å². The number of fused-ring (bicyclic) bond motifs is 1. The molecule has 148 valence electrons. The third kappa shape index (κ3) is 3.63. The van der Waals surface area contributed by atoms with Gasteiger partial charge in [-0.25, -0.2) is 4.98 Å². The van der Waals surface area contributed by atoms with Gasteiger partial charge in [0.05, 0.1) is 34.0 Å². The molecule has 0 unspecified atom stereocenters. The smallest absolute Gasteiger partial charge is 0.257 e. The first kappa shape index (κ1) is 19.2. The number of amides is 1. The molecule has 0 bridgehead atoms. The SMILES string of the molecule is CCn1c(NC(=O)c2ccc(Cn3nc(C)c(Cl)c3C)cc2)nc2ccccc21. The molecule has 2 heterocycles. The van der Waals surface area contributed by atoms with Crippen molar-refractivity contribution in [2.24, 2.45) is 0 Å². The molecule has 6 nitrogen and oxygen atoms in total. The Labute approximate surface area is 174 Å². The van der Waals surface area contributed by atoms with Crippen LogP contribution in [0.15, 0.2) is 48.5 Å². The quantitative estimate of drug-likeness (QED) is 0.515. The van der Waals surface area contributed by atoms with Crippen LogP contribution >= 0.6 is 11.6 Å². The fraction of sp³-hybridized carbons (Fsp3) is 0.227. The highest BCUT2D eigenvalue weighted by atomic mass is 35.5. The Morgan fingerprint density at radius 1 is 1.10 bits per heavy atom. The number of halogens is 1. The Hall–Kier alpha value is -3.12. The summed E-state index contributed by atoms with van der Waals surface area (Å²) in [6.07, 6.45) is 0. The van der Waals surface area contributed by atoms with E-state index in [9.17, 15) is 4.79 Å². The van der Waals surface area contributed by atoms with E-state index in [0.717, 1.165) is 34.5 Å². The first-order chi connectivity index (χ1) is 14.0. The lowest BCUT2D eigenvalue weighted by atomic mass is 10.1. The molecule has 7 heteroatoms. The number of carbonyl (C=O) groups excluding carboxylic acids is 1. The van der Waals surface area contributed by atoms with Crippen LogP contribution in [0.25, 0.3) is 11.0 Å². The Morgan fingerprint density at radius 2 is 1.83 bits per heavy atom. The largest absolute Gasteiger partial charge is 0.310 e. The highest BCUT2D eigenvalue weighted by molar-refractivity contribution is 6.31. The molecule has 4 aromatic rings. The second-order valence-electron chi connectivity index (χ2n) is 6.96. The van der Waals surface area contributed by atoms with E-state index in [4.69, 9.17) is 11.6 Å². The van der Waals surface area contributed by atoms with Crippen molar-refractivity contribution in [1.82, 2.24) is 19.3 Å². The van der Waals surface area contributed by atoms with Crippen LogP contribution in [-0.2, 0) is 13.1 Å². The molecule has 1 amide bonds. The minimum Gasteiger partial charge on any atom is -0.310 e. The zero-order valence-corrected chi connectivity index (χ0v) is 17.4. The summed E-state index contributed by atoms with van der Waals surface area (Å²) in [5, 5.41) is 8.08. The van der Waals surface area contributed by atoms with Crippen LogP contribution in [0.5, 0.6) is 0 Å². The Kier molecular flexibility index (Phi) is 5.11. The van der Waals surface area contributed by atoms with E-state index >= 15 is 0 Å². The fourth-order valence-electron chi connectivity index (χ4n) is 3.43. The standard InChI is InChI=1S/C22H22ClN5O/c1-4-27-19-8-6-5-7-18(19)24-22(27)25-21(29)17-11-9-16(10-12-17)13-28-15(3)20(23)14(2)26-28/h5-12H,4,13H2,1-3H3,(H,24,25,29). The molecule has 0 saturated carbocycles.